The van der Waals surface area contributed by atoms with Crippen LogP contribution in [-0.2, 0) is 0 Å². The Bertz CT molecular complexity index is 384. The van der Waals surface area contributed by atoms with Crippen molar-refractivity contribution in [2.45, 2.75) is 0 Å². The normalized spacial score (nSPS) is 15.1. The minimum Gasteiger partial charge on any atom is -0.489 e. The first-order valence-corrected chi connectivity index (χ1v) is 5.17. The molecule has 0 saturated carbocycles. The zero-order valence-electron chi connectivity index (χ0n) is 8.78. The van der Waals surface area contributed by atoms with E-state index in [4.69, 9.17) is 4.74 Å². The molecule has 5 heteroatoms. The minimum atomic E-state index is -0.381. The van der Waals surface area contributed by atoms with Crippen molar-refractivity contribution in [3.8, 4) is 5.75 Å². The highest BCUT2D eigenvalue weighted by atomic mass is 19.1. The molecular weight excluding hydrogens is 211 g/mol. The molecule has 4 nitrogen and oxygen atoms in total. The smallest absolute Gasteiger partial charge is 0.317 e. The van der Waals surface area contributed by atoms with E-state index < -0.39 is 0 Å². The van der Waals surface area contributed by atoms with Crippen LogP contribution in [0.1, 0.15) is 0 Å². The molecule has 0 atom stereocenters. The largest absolute Gasteiger partial charge is 0.489 e. The molecule has 1 saturated heterocycles. The van der Waals surface area contributed by atoms with Crippen LogP contribution in [0.2, 0.25) is 0 Å². The number of hydrogen-bond donors (Lipinski definition) is 1. The lowest BCUT2D eigenvalue weighted by molar-refractivity contribution is 0.201. The molecule has 16 heavy (non-hydrogen) atoms. The number of carbonyl (C=O) groups is 1. The van der Waals surface area contributed by atoms with Gasteiger partial charge >= 0.3 is 6.03 Å². The number of nitrogens with one attached hydrogen (secondary N) is 1. The van der Waals surface area contributed by atoms with Gasteiger partial charge in [-0.15, -0.1) is 0 Å². The van der Waals surface area contributed by atoms with Gasteiger partial charge in [0.25, 0.3) is 0 Å². The third kappa shape index (κ3) is 2.42. The van der Waals surface area contributed by atoms with Crippen LogP contribution in [0.25, 0.3) is 0 Å². The van der Waals surface area contributed by atoms with Crippen molar-refractivity contribution in [3.63, 3.8) is 0 Å². The number of para-hydroxylation sites is 1. The van der Waals surface area contributed by atoms with Crippen molar-refractivity contribution in [3.05, 3.63) is 30.1 Å². The Morgan fingerprint density at radius 1 is 1.44 bits per heavy atom. The number of amides is 2. The first-order valence-electron chi connectivity index (χ1n) is 5.17. The number of carbonyl (C=O) groups excluding carboxylic acids is 1. The predicted octanol–water partition coefficient (Wildman–Crippen LogP) is 1.23. The molecule has 1 aromatic carbocycles. The standard InChI is InChI=1S/C11H13FN2O2/c12-9-3-1-2-4-10(9)16-8-7-14-6-5-13-11(14)15/h1-4H,5-8H2,(H,13,15). The SMILES string of the molecule is O=C1NCCN1CCOc1ccccc1F. The van der Waals surface area contributed by atoms with E-state index in [1.807, 2.05) is 0 Å². The second-order valence-electron chi connectivity index (χ2n) is 3.50. The maximum atomic E-state index is 13.1. The first-order chi connectivity index (χ1) is 7.77. The van der Waals surface area contributed by atoms with Gasteiger partial charge in [-0.3, -0.25) is 0 Å². The average molecular weight is 224 g/mol. The zero-order chi connectivity index (χ0) is 11.4. The van der Waals surface area contributed by atoms with Crippen LogP contribution < -0.4 is 10.1 Å². The summed E-state index contributed by atoms with van der Waals surface area (Å²) >= 11 is 0. The summed E-state index contributed by atoms with van der Waals surface area (Å²) in [6, 6.07) is 6.14. The minimum absolute atomic E-state index is 0.0860. The van der Waals surface area contributed by atoms with Crippen LogP contribution in [-0.4, -0.2) is 37.2 Å². The predicted molar refractivity (Wildman–Crippen MR) is 56.9 cm³/mol. The average Bonchev–Trinajstić information content (AvgIpc) is 2.67. The Morgan fingerprint density at radius 3 is 2.94 bits per heavy atom. The molecule has 1 heterocycles. The maximum Gasteiger partial charge on any atom is 0.317 e. The Hall–Kier alpha value is -1.78. The lowest BCUT2D eigenvalue weighted by Crippen LogP contribution is -2.31. The molecule has 1 fully saturated rings. The molecule has 0 spiro atoms. The molecule has 2 rings (SSSR count). The highest BCUT2D eigenvalue weighted by molar-refractivity contribution is 5.76. The number of benzene rings is 1. The Labute approximate surface area is 93.0 Å². The fourth-order valence-electron chi connectivity index (χ4n) is 1.55. The van der Waals surface area contributed by atoms with Crippen LogP contribution in [0.4, 0.5) is 9.18 Å². The van der Waals surface area contributed by atoms with Crippen molar-refractivity contribution >= 4 is 6.03 Å². The highest BCUT2D eigenvalue weighted by Gasteiger charge is 2.18. The van der Waals surface area contributed by atoms with Crippen LogP contribution in [0.15, 0.2) is 24.3 Å². The molecule has 0 bridgehead atoms. The van der Waals surface area contributed by atoms with E-state index in [2.05, 4.69) is 5.32 Å². The van der Waals surface area contributed by atoms with E-state index >= 15 is 0 Å². The summed E-state index contributed by atoms with van der Waals surface area (Å²) in [4.78, 5) is 12.8. The molecule has 0 aliphatic carbocycles. The van der Waals surface area contributed by atoms with Gasteiger partial charge in [-0.05, 0) is 12.1 Å². The second-order valence-corrected chi connectivity index (χ2v) is 3.50. The van der Waals surface area contributed by atoms with Gasteiger partial charge in [-0.1, -0.05) is 12.1 Å². The zero-order valence-corrected chi connectivity index (χ0v) is 8.78. The fourth-order valence-corrected chi connectivity index (χ4v) is 1.55. The van der Waals surface area contributed by atoms with Gasteiger partial charge in [-0.2, -0.15) is 0 Å². The number of ether oxygens (including phenoxy) is 1. The molecule has 1 aliphatic heterocycles. The van der Waals surface area contributed by atoms with Gasteiger partial charge in [-0.25, -0.2) is 9.18 Å². The van der Waals surface area contributed by atoms with E-state index in [1.165, 1.54) is 6.07 Å². The van der Waals surface area contributed by atoms with Gasteiger partial charge in [0.15, 0.2) is 11.6 Å². The number of rotatable bonds is 4. The van der Waals surface area contributed by atoms with E-state index in [1.54, 1.807) is 23.1 Å². The van der Waals surface area contributed by atoms with E-state index in [-0.39, 0.29) is 17.6 Å². The number of halogens is 1. The summed E-state index contributed by atoms with van der Waals surface area (Å²) in [7, 11) is 0. The number of nitrogens with zero attached hydrogens (tertiary/aromatic N) is 1. The summed E-state index contributed by atoms with van der Waals surface area (Å²) in [5, 5.41) is 2.69. The van der Waals surface area contributed by atoms with Crippen molar-refractivity contribution in [2.75, 3.05) is 26.2 Å². The van der Waals surface area contributed by atoms with Crippen molar-refractivity contribution < 1.29 is 13.9 Å². The molecule has 1 aromatic rings. The Morgan fingerprint density at radius 2 is 2.25 bits per heavy atom. The molecule has 86 valence electrons. The highest BCUT2D eigenvalue weighted by Crippen LogP contribution is 2.15. The summed E-state index contributed by atoms with van der Waals surface area (Å²) in [5.41, 5.74) is 0. The molecule has 1 aliphatic rings. The molecule has 1 N–H and O–H groups in total. The maximum absolute atomic E-state index is 13.1. The van der Waals surface area contributed by atoms with Gasteiger partial charge < -0.3 is 15.0 Å². The summed E-state index contributed by atoms with van der Waals surface area (Å²) in [5.74, 6) is -0.157. The second kappa shape index (κ2) is 4.83. The van der Waals surface area contributed by atoms with Crippen LogP contribution in [0.5, 0.6) is 5.75 Å². The fraction of sp³-hybridized carbons (Fsp3) is 0.364. The third-order valence-corrected chi connectivity index (χ3v) is 2.40. The summed E-state index contributed by atoms with van der Waals surface area (Å²) in [6.07, 6.45) is 0. The Kier molecular flexibility index (Phi) is 3.24. The van der Waals surface area contributed by atoms with Gasteiger partial charge in [0.1, 0.15) is 6.61 Å². The van der Waals surface area contributed by atoms with Crippen molar-refractivity contribution in [1.82, 2.24) is 10.2 Å². The van der Waals surface area contributed by atoms with E-state index in [9.17, 15) is 9.18 Å². The topological polar surface area (TPSA) is 41.6 Å². The van der Waals surface area contributed by atoms with Crippen molar-refractivity contribution in [1.29, 1.82) is 0 Å². The molecule has 0 aromatic heterocycles. The van der Waals surface area contributed by atoms with Crippen LogP contribution in [0.3, 0.4) is 0 Å². The van der Waals surface area contributed by atoms with Gasteiger partial charge in [0.2, 0.25) is 0 Å². The Balaban J connectivity index is 1.80. The van der Waals surface area contributed by atoms with Gasteiger partial charge in [0, 0.05) is 13.1 Å². The van der Waals surface area contributed by atoms with E-state index in [0.717, 1.165) is 0 Å². The lowest BCUT2D eigenvalue weighted by atomic mass is 10.3. The number of hydrogen-bond acceptors (Lipinski definition) is 2. The first kappa shape index (κ1) is 10.7. The van der Waals surface area contributed by atoms with Crippen LogP contribution in [0, 0.1) is 5.82 Å². The summed E-state index contributed by atoms with van der Waals surface area (Å²) in [6.45, 7) is 2.12. The molecule has 2 amide bonds. The monoisotopic (exact) mass is 224 g/mol. The summed E-state index contributed by atoms with van der Waals surface area (Å²) < 4.78 is 18.4. The molecule has 0 unspecified atom stereocenters. The van der Waals surface area contributed by atoms with Crippen molar-refractivity contribution in [2.24, 2.45) is 0 Å². The van der Waals surface area contributed by atoms with E-state index in [0.29, 0.717) is 26.2 Å². The molecule has 0 radical (unpaired) electrons. The molecular formula is C11H13FN2O2. The van der Waals surface area contributed by atoms with Crippen LogP contribution >= 0.6 is 0 Å². The van der Waals surface area contributed by atoms with Gasteiger partial charge in [0.05, 0.1) is 6.54 Å². The third-order valence-electron chi connectivity index (χ3n) is 2.40. The quantitative estimate of drug-likeness (QED) is 0.835. The number of urea groups is 1. The lowest BCUT2D eigenvalue weighted by Gasteiger charge is -2.14.